The van der Waals surface area contributed by atoms with Crippen molar-refractivity contribution < 1.29 is 23.8 Å². The second-order valence-corrected chi connectivity index (χ2v) is 4.89. The van der Waals surface area contributed by atoms with Gasteiger partial charge in [0.15, 0.2) is 11.6 Å². The Balaban J connectivity index is 2.27. The van der Waals surface area contributed by atoms with Crippen molar-refractivity contribution in [2.75, 3.05) is 13.2 Å². The molecule has 0 saturated heterocycles. The first kappa shape index (κ1) is 15.1. The summed E-state index contributed by atoms with van der Waals surface area (Å²) in [6.07, 6.45) is -0.530. The van der Waals surface area contributed by atoms with Gasteiger partial charge in [0.1, 0.15) is 18.0 Å². The second kappa shape index (κ2) is 6.26. The standard InChI is InChI=1S/C13H18FNO4/c1-13(2,3)19-12(17)15-6-7-18-9-4-5-10(14)11(16)8-9/h4-5,8,16H,6-7H2,1-3H3,(H,15,17). The number of amides is 1. The maximum atomic E-state index is 12.8. The average Bonchev–Trinajstić information content (AvgIpc) is 2.27. The van der Waals surface area contributed by atoms with E-state index in [0.717, 1.165) is 6.07 Å². The molecule has 0 unspecified atom stereocenters. The van der Waals surface area contributed by atoms with E-state index in [2.05, 4.69) is 5.32 Å². The van der Waals surface area contributed by atoms with E-state index < -0.39 is 23.3 Å². The van der Waals surface area contributed by atoms with Gasteiger partial charge in [-0.1, -0.05) is 0 Å². The molecule has 2 N–H and O–H groups in total. The van der Waals surface area contributed by atoms with Crippen LogP contribution in [0.3, 0.4) is 0 Å². The van der Waals surface area contributed by atoms with Crippen molar-refractivity contribution in [1.29, 1.82) is 0 Å². The number of aromatic hydroxyl groups is 1. The highest BCUT2D eigenvalue weighted by molar-refractivity contribution is 5.67. The van der Waals surface area contributed by atoms with Crippen LogP contribution >= 0.6 is 0 Å². The molecule has 0 spiro atoms. The number of hydrogen-bond acceptors (Lipinski definition) is 4. The molecule has 19 heavy (non-hydrogen) atoms. The first-order valence-corrected chi connectivity index (χ1v) is 5.86. The van der Waals surface area contributed by atoms with Crippen molar-refractivity contribution in [2.45, 2.75) is 26.4 Å². The zero-order valence-corrected chi connectivity index (χ0v) is 11.2. The lowest BCUT2D eigenvalue weighted by Gasteiger charge is -2.19. The minimum atomic E-state index is -0.709. The highest BCUT2D eigenvalue weighted by Gasteiger charge is 2.15. The molecule has 0 aliphatic rings. The van der Waals surface area contributed by atoms with Gasteiger partial charge in [-0.05, 0) is 32.9 Å². The molecule has 0 bridgehead atoms. The summed E-state index contributed by atoms with van der Waals surface area (Å²) in [5, 5.41) is 11.6. The van der Waals surface area contributed by atoms with Gasteiger partial charge in [-0.15, -0.1) is 0 Å². The minimum Gasteiger partial charge on any atom is -0.505 e. The molecule has 5 nitrogen and oxygen atoms in total. The number of benzene rings is 1. The molecular formula is C13H18FNO4. The van der Waals surface area contributed by atoms with E-state index in [-0.39, 0.29) is 13.2 Å². The number of halogens is 1. The third-order valence-corrected chi connectivity index (χ3v) is 1.96. The van der Waals surface area contributed by atoms with Crippen molar-refractivity contribution in [3.05, 3.63) is 24.0 Å². The SMILES string of the molecule is CC(C)(C)OC(=O)NCCOc1ccc(F)c(O)c1. The average molecular weight is 271 g/mol. The number of phenols is 1. The van der Waals surface area contributed by atoms with Crippen LogP contribution in [-0.2, 0) is 4.74 Å². The van der Waals surface area contributed by atoms with Crippen molar-refractivity contribution in [1.82, 2.24) is 5.32 Å². The molecular weight excluding hydrogens is 253 g/mol. The van der Waals surface area contributed by atoms with Crippen LogP contribution in [-0.4, -0.2) is 30.0 Å². The van der Waals surface area contributed by atoms with Crippen LogP contribution < -0.4 is 10.1 Å². The third kappa shape index (κ3) is 5.94. The van der Waals surface area contributed by atoms with E-state index in [9.17, 15) is 9.18 Å². The van der Waals surface area contributed by atoms with Crippen LogP contribution in [0, 0.1) is 5.82 Å². The highest BCUT2D eigenvalue weighted by Crippen LogP contribution is 2.21. The van der Waals surface area contributed by atoms with Crippen molar-refractivity contribution in [3.63, 3.8) is 0 Å². The number of carbonyl (C=O) groups is 1. The quantitative estimate of drug-likeness (QED) is 0.825. The molecule has 0 atom stereocenters. The maximum absolute atomic E-state index is 12.8. The van der Waals surface area contributed by atoms with Crippen molar-refractivity contribution in [2.24, 2.45) is 0 Å². The maximum Gasteiger partial charge on any atom is 0.407 e. The number of carbonyl (C=O) groups excluding carboxylic acids is 1. The fourth-order valence-corrected chi connectivity index (χ4v) is 1.22. The van der Waals surface area contributed by atoms with Gasteiger partial charge in [0, 0.05) is 6.07 Å². The molecule has 0 radical (unpaired) electrons. The van der Waals surface area contributed by atoms with Crippen LogP contribution in [0.1, 0.15) is 20.8 Å². The Kier molecular flexibility index (Phi) is 4.97. The predicted molar refractivity (Wildman–Crippen MR) is 67.8 cm³/mol. The molecule has 6 heteroatoms. The monoisotopic (exact) mass is 271 g/mol. The van der Waals surface area contributed by atoms with E-state index in [1.165, 1.54) is 12.1 Å². The summed E-state index contributed by atoms with van der Waals surface area (Å²) in [6.45, 7) is 5.73. The molecule has 1 aromatic rings. The molecule has 0 aromatic heterocycles. The van der Waals surface area contributed by atoms with Crippen LogP contribution in [0.4, 0.5) is 9.18 Å². The molecule has 0 aliphatic carbocycles. The summed E-state index contributed by atoms with van der Waals surface area (Å²) in [4.78, 5) is 11.3. The Hall–Kier alpha value is -1.98. The summed E-state index contributed by atoms with van der Waals surface area (Å²) in [5.74, 6) is -0.860. The lowest BCUT2D eigenvalue weighted by atomic mass is 10.2. The van der Waals surface area contributed by atoms with Gasteiger partial charge >= 0.3 is 6.09 Å². The Morgan fingerprint density at radius 2 is 2.11 bits per heavy atom. The molecule has 0 saturated carbocycles. The van der Waals surface area contributed by atoms with E-state index >= 15 is 0 Å². The fourth-order valence-electron chi connectivity index (χ4n) is 1.22. The smallest absolute Gasteiger partial charge is 0.407 e. The number of nitrogens with one attached hydrogen (secondary N) is 1. The van der Waals surface area contributed by atoms with Gasteiger partial charge in [0.2, 0.25) is 0 Å². The summed E-state index contributed by atoms with van der Waals surface area (Å²) >= 11 is 0. The lowest BCUT2D eigenvalue weighted by molar-refractivity contribution is 0.0520. The van der Waals surface area contributed by atoms with Crippen molar-refractivity contribution in [3.8, 4) is 11.5 Å². The summed E-state index contributed by atoms with van der Waals surface area (Å²) < 4.78 is 23.0. The number of alkyl carbamates (subject to hydrolysis) is 1. The van der Waals surface area contributed by atoms with E-state index in [0.29, 0.717) is 5.75 Å². The zero-order valence-electron chi connectivity index (χ0n) is 11.2. The molecule has 0 heterocycles. The number of ether oxygens (including phenoxy) is 2. The van der Waals surface area contributed by atoms with Gasteiger partial charge in [-0.3, -0.25) is 0 Å². The molecule has 106 valence electrons. The number of phenolic OH excluding ortho intramolecular Hbond substituents is 1. The van der Waals surface area contributed by atoms with Crippen LogP contribution in [0.15, 0.2) is 18.2 Å². The number of hydrogen-bond donors (Lipinski definition) is 2. The van der Waals surface area contributed by atoms with Gasteiger partial charge in [-0.2, -0.15) is 0 Å². The minimum absolute atomic E-state index is 0.185. The van der Waals surface area contributed by atoms with Crippen molar-refractivity contribution >= 4 is 6.09 Å². The lowest BCUT2D eigenvalue weighted by Crippen LogP contribution is -2.34. The van der Waals surface area contributed by atoms with Crippen LogP contribution in [0.25, 0.3) is 0 Å². The topological polar surface area (TPSA) is 67.8 Å². The third-order valence-electron chi connectivity index (χ3n) is 1.96. The molecule has 0 fully saturated rings. The van der Waals surface area contributed by atoms with Crippen LogP contribution in [0.5, 0.6) is 11.5 Å². The molecule has 1 amide bonds. The largest absolute Gasteiger partial charge is 0.505 e. The Morgan fingerprint density at radius 1 is 1.42 bits per heavy atom. The van der Waals surface area contributed by atoms with Crippen LogP contribution in [0.2, 0.25) is 0 Å². The summed E-state index contributed by atoms with van der Waals surface area (Å²) in [6, 6.07) is 3.66. The second-order valence-electron chi connectivity index (χ2n) is 4.89. The van der Waals surface area contributed by atoms with E-state index in [1.807, 2.05) is 0 Å². The summed E-state index contributed by atoms with van der Waals surface area (Å²) in [7, 11) is 0. The van der Waals surface area contributed by atoms with Gasteiger partial charge in [0.25, 0.3) is 0 Å². The van der Waals surface area contributed by atoms with E-state index in [4.69, 9.17) is 14.6 Å². The summed E-state index contributed by atoms with van der Waals surface area (Å²) in [5.41, 5.74) is -0.548. The normalized spacial score (nSPS) is 10.9. The van der Waals surface area contributed by atoms with Gasteiger partial charge in [-0.25, -0.2) is 9.18 Å². The van der Waals surface area contributed by atoms with Gasteiger partial charge in [0.05, 0.1) is 6.54 Å². The zero-order chi connectivity index (χ0) is 14.5. The molecule has 0 aliphatic heterocycles. The first-order valence-electron chi connectivity index (χ1n) is 5.86. The molecule has 1 aromatic carbocycles. The van der Waals surface area contributed by atoms with E-state index in [1.54, 1.807) is 20.8 Å². The van der Waals surface area contributed by atoms with Gasteiger partial charge < -0.3 is 19.9 Å². The first-order chi connectivity index (χ1) is 8.78. The Morgan fingerprint density at radius 3 is 2.68 bits per heavy atom. The predicted octanol–water partition coefficient (Wildman–Crippen LogP) is 2.43. The fraction of sp³-hybridized carbons (Fsp3) is 0.462. The highest BCUT2D eigenvalue weighted by atomic mass is 19.1. The Bertz CT molecular complexity index is 443. The Labute approximate surface area is 111 Å². The molecule has 1 rings (SSSR count). The number of rotatable bonds is 4.